The number of aromatic nitrogens is 1. The third-order valence-corrected chi connectivity index (χ3v) is 9.47. The van der Waals surface area contributed by atoms with E-state index in [0.717, 1.165) is 27.5 Å². The number of methoxy groups -OCH3 is 1. The van der Waals surface area contributed by atoms with Gasteiger partial charge in [0.15, 0.2) is 0 Å². The number of hydrogen-bond acceptors (Lipinski definition) is 7. The maximum atomic E-state index is 14.7. The Balaban J connectivity index is 1.56. The molecule has 2 fully saturated rings. The van der Waals surface area contributed by atoms with Crippen LogP contribution in [0.2, 0.25) is 0 Å². The van der Waals surface area contributed by atoms with Gasteiger partial charge in [0.1, 0.15) is 23.6 Å². The third-order valence-electron chi connectivity index (χ3n) is 8.31. The summed E-state index contributed by atoms with van der Waals surface area (Å²) >= 11 is 0. The number of likely N-dealkylation sites (tertiary alicyclic amines) is 1. The van der Waals surface area contributed by atoms with Crippen molar-refractivity contribution in [3.05, 3.63) is 90.3 Å². The number of benzene rings is 2. The Labute approximate surface area is 285 Å². The van der Waals surface area contributed by atoms with Crippen molar-refractivity contribution in [2.45, 2.75) is 55.0 Å². The van der Waals surface area contributed by atoms with Gasteiger partial charge in [0.05, 0.1) is 19.2 Å². The van der Waals surface area contributed by atoms with Gasteiger partial charge >= 0.3 is 16.3 Å². The van der Waals surface area contributed by atoms with E-state index >= 15 is 0 Å². The van der Waals surface area contributed by atoms with Crippen molar-refractivity contribution < 1.29 is 48.1 Å². The number of halogens is 5. The van der Waals surface area contributed by atoms with E-state index in [1.807, 2.05) is 0 Å². The number of anilines is 1. The van der Waals surface area contributed by atoms with Crippen molar-refractivity contribution >= 4 is 39.7 Å². The van der Waals surface area contributed by atoms with Crippen LogP contribution in [0.4, 0.5) is 29.9 Å². The molecule has 0 spiro atoms. The summed E-state index contributed by atoms with van der Waals surface area (Å²) in [5, 5.41) is 2.76. The zero-order chi connectivity index (χ0) is 36.3. The third kappa shape index (κ3) is 8.87. The van der Waals surface area contributed by atoms with E-state index < -0.39 is 63.7 Å². The molecule has 270 valence electrons. The average molecular weight is 726 g/mol. The lowest BCUT2D eigenvalue weighted by atomic mass is 10.0. The highest BCUT2D eigenvalue weighted by Gasteiger charge is 2.65. The fourth-order valence-electron chi connectivity index (χ4n) is 5.58. The smallest absolute Gasteiger partial charge is 0.410 e. The van der Waals surface area contributed by atoms with Gasteiger partial charge in [-0.1, -0.05) is 55.8 Å². The standard InChI is InChI=1S/C33H36F5N5O6S/c1-41(20-29(44)40-24-10-11-24)32(46)30(23-9-6-16-39-18-23)43(25-12-14-27(15-13-25)50(34,35,36,37)38)31(45)28-17-26(48-2)19-42(28)33(47)49-21-22-7-4-3-5-8-22/h3-9,12-16,18,24,26,28,30H,10-11,17,19-21H2,1-2H3,(H,40,44)/t26-,28-,30?/m1/s1. The summed E-state index contributed by atoms with van der Waals surface area (Å²) in [4.78, 5) is 59.8. The predicted octanol–water partition coefficient (Wildman–Crippen LogP) is 5.98. The van der Waals surface area contributed by atoms with E-state index in [0.29, 0.717) is 17.7 Å². The second-order valence-electron chi connectivity index (χ2n) is 12.2. The van der Waals surface area contributed by atoms with Gasteiger partial charge in [-0.15, -0.1) is 0 Å². The van der Waals surface area contributed by atoms with E-state index in [-0.39, 0.29) is 49.0 Å². The molecule has 1 aliphatic heterocycles. The first-order chi connectivity index (χ1) is 23.4. The lowest BCUT2D eigenvalue weighted by Crippen LogP contribution is -2.53. The minimum absolute atomic E-state index is 0.0188. The van der Waals surface area contributed by atoms with Gasteiger partial charge in [0.25, 0.3) is 11.8 Å². The van der Waals surface area contributed by atoms with E-state index in [1.165, 1.54) is 38.7 Å². The fourth-order valence-corrected chi connectivity index (χ4v) is 6.23. The minimum Gasteiger partial charge on any atom is -0.445 e. The highest BCUT2D eigenvalue weighted by atomic mass is 32.5. The Hall–Kier alpha value is -4.77. The molecule has 2 heterocycles. The lowest BCUT2D eigenvalue weighted by molar-refractivity contribution is -0.137. The summed E-state index contributed by atoms with van der Waals surface area (Å²) < 4.78 is 79.5. The van der Waals surface area contributed by atoms with Gasteiger partial charge in [-0.3, -0.25) is 29.2 Å². The van der Waals surface area contributed by atoms with Crippen LogP contribution in [0.5, 0.6) is 0 Å². The Bertz CT molecular complexity index is 1720. The normalized spacial score (nSPS) is 19.5. The Morgan fingerprint density at radius 1 is 0.980 bits per heavy atom. The molecule has 0 bridgehead atoms. The monoisotopic (exact) mass is 725 g/mol. The first kappa shape index (κ1) is 36.5. The number of carbonyl (C=O) groups excluding carboxylic acids is 4. The van der Waals surface area contributed by atoms with Crippen LogP contribution in [-0.2, 0) is 30.5 Å². The molecular weight excluding hydrogens is 689 g/mol. The SMILES string of the molecule is CO[C@@H]1C[C@H](C(=O)N(c2ccc(S(F)(F)(F)(F)F)cc2)C(C(=O)N(C)CC(=O)NC2CC2)c2cccnc2)N(C(=O)OCc2ccccc2)C1. The minimum atomic E-state index is -10.1. The van der Waals surface area contributed by atoms with Gasteiger partial charge in [-0.25, -0.2) is 4.79 Å². The second-order valence-corrected chi connectivity index (χ2v) is 14.6. The van der Waals surface area contributed by atoms with Crippen molar-refractivity contribution in [1.82, 2.24) is 20.1 Å². The molecule has 5 rings (SSSR count). The summed E-state index contributed by atoms with van der Waals surface area (Å²) in [5.41, 5.74) is 0.390. The topological polar surface area (TPSA) is 121 Å². The molecule has 11 nitrogen and oxygen atoms in total. The maximum Gasteiger partial charge on any atom is 0.410 e. The largest absolute Gasteiger partial charge is 0.445 e. The molecule has 1 N–H and O–H groups in total. The molecule has 1 saturated heterocycles. The highest BCUT2D eigenvalue weighted by Crippen LogP contribution is 3.02. The average Bonchev–Trinajstić information content (AvgIpc) is 3.78. The van der Waals surface area contributed by atoms with Crippen LogP contribution in [0.3, 0.4) is 0 Å². The number of amides is 4. The number of rotatable bonds is 12. The summed E-state index contributed by atoms with van der Waals surface area (Å²) in [6, 6.07) is 10.1. The second kappa shape index (κ2) is 13.5. The van der Waals surface area contributed by atoms with Crippen LogP contribution in [0.1, 0.15) is 36.4 Å². The van der Waals surface area contributed by atoms with Gasteiger partial charge in [-0.05, 0) is 48.7 Å². The molecule has 2 aliphatic rings. The number of pyridine rings is 1. The zero-order valence-corrected chi connectivity index (χ0v) is 27.9. The van der Waals surface area contributed by atoms with E-state index in [4.69, 9.17) is 9.47 Å². The molecule has 1 saturated carbocycles. The number of hydrogen-bond donors (Lipinski definition) is 1. The Kier molecular flexibility index (Phi) is 9.86. The quantitative estimate of drug-likeness (QED) is 0.228. The lowest BCUT2D eigenvalue weighted by Gasteiger charge is -2.41. The van der Waals surface area contributed by atoms with E-state index in [9.17, 15) is 38.6 Å². The highest BCUT2D eigenvalue weighted by molar-refractivity contribution is 8.45. The number of likely N-dealkylation sites (N-methyl/N-ethyl adjacent to an activating group) is 1. The number of ether oxygens (including phenoxy) is 2. The Morgan fingerprint density at radius 2 is 1.66 bits per heavy atom. The summed E-state index contributed by atoms with van der Waals surface area (Å²) in [5.74, 6) is -2.26. The molecule has 4 amide bonds. The summed E-state index contributed by atoms with van der Waals surface area (Å²) in [6.07, 6.45) is 2.54. The van der Waals surface area contributed by atoms with Crippen molar-refractivity contribution in [3.8, 4) is 0 Å². The van der Waals surface area contributed by atoms with E-state index in [1.54, 1.807) is 30.3 Å². The van der Waals surface area contributed by atoms with Gasteiger partial charge < -0.3 is 19.7 Å². The van der Waals surface area contributed by atoms with Crippen LogP contribution in [-0.4, -0.2) is 84.0 Å². The molecule has 3 atom stereocenters. The summed E-state index contributed by atoms with van der Waals surface area (Å²) in [6.45, 7) is -0.673. The molecule has 2 aromatic carbocycles. The molecule has 50 heavy (non-hydrogen) atoms. The van der Waals surface area contributed by atoms with Gasteiger partial charge in [0, 0.05) is 50.3 Å². The van der Waals surface area contributed by atoms with Crippen LogP contribution in [0, 0.1) is 0 Å². The fraction of sp³-hybridized carbons (Fsp3) is 0.364. The molecule has 0 radical (unpaired) electrons. The first-order valence-electron chi connectivity index (χ1n) is 15.6. The maximum absolute atomic E-state index is 14.7. The van der Waals surface area contributed by atoms with Crippen LogP contribution in [0.25, 0.3) is 0 Å². The summed E-state index contributed by atoms with van der Waals surface area (Å²) in [7, 11) is -7.45. The van der Waals surface area contributed by atoms with Crippen LogP contribution < -0.4 is 10.2 Å². The number of nitrogens with zero attached hydrogens (tertiary/aromatic N) is 4. The van der Waals surface area contributed by atoms with Gasteiger partial charge in [-0.2, -0.15) is 0 Å². The Morgan fingerprint density at radius 3 is 2.24 bits per heavy atom. The van der Waals surface area contributed by atoms with Crippen molar-refractivity contribution in [3.63, 3.8) is 0 Å². The molecular formula is C33H36F5N5O6S. The first-order valence-corrected chi connectivity index (χ1v) is 17.5. The van der Waals surface area contributed by atoms with Crippen molar-refractivity contribution in [2.75, 3.05) is 32.1 Å². The molecule has 1 aliphatic carbocycles. The predicted molar refractivity (Wildman–Crippen MR) is 174 cm³/mol. The van der Waals surface area contributed by atoms with Crippen LogP contribution in [0.15, 0.2) is 84.0 Å². The number of carbonyl (C=O) groups is 4. The number of nitrogens with one attached hydrogen (secondary N) is 1. The van der Waals surface area contributed by atoms with E-state index in [2.05, 4.69) is 10.3 Å². The zero-order valence-electron chi connectivity index (χ0n) is 27.1. The van der Waals surface area contributed by atoms with Crippen molar-refractivity contribution in [2.24, 2.45) is 0 Å². The van der Waals surface area contributed by atoms with Crippen molar-refractivity contribution in [1.29, 1.82) is 0 Å². The van der Waals surface area contributed by atoms with Gasteiger partial charge in [0.2, 0.25) is 5.91 Å². The molecule has 1 aromatic heterocycles. The van der Waals surface area contributed by atoms with Crippen LogP contribution >= 0.6 is 10.2 Å². The molecule has 1 unspecified atom stereocenters. The molecule has 17 heteroatoms. The molecule has 3 aromatic rings.